The summed E-state index contributed by atoms with van der Waals surface area (Å²) in [6.45, 7) is 2.30. The SMILES string of the molecule is CCOCC1=CC=C(c2ccc(COC3=CC=C(C4CCC(C=O)CC4)C(F)C3F)cc2)C(F)C1F. The third-order valence-corrected chi connectivity index (χ3v) is 7.27. The first-order valence-corrected chi connectivity index (χ1v) is 12.6. The Bertz CT molecular complexity index is 1040. The van der Waals surface area contributed by atoms with Crippen LogP contribution in [-0.4, -0.2) is 44.2 Å². The topological polar surface area (TPSA) is 35.5 Å². The number of hydrogen-bond acceptors (Lipinski definition) is 3. The number of carbonyl (C=O) groups excluding carboxylic acids is 1. The number of allylic oxidation sites excluding steroid dienone is 7. The predicted molar refractivity (Wildman–Crippen MR) is 131 cm³/mol. The van der Waals surface area contributed by atoms with Crippen molar-refractivity contribution in [2.45, 2.75) is 63.9 Å². The molecule has 0 aromatic heterocycles. The lowest BCUT2D eigenvalue weighted by Gasteiger charge is -2.32. The van der Waals surface area contributed by atoms with Gasteiger partial charge >= 0.3 is 0 Å². The molecule has 36 heavy (non-hydrogen) atoms. The first-order valence-electron chi connectivity index (χ1n) is 12.6. The van der Waals surface area contributed by atoms with E-state index in [-0.39, 0.29) is 42.0 Å². The Balaban J connectivity index is 1.37. The molecule has 0 bridgehead atoms. The number of benzene rings is 1. The summed E-state index contributed by atoms with van der Waals surface area (Å²) in [6, 6.07) is 6.73. The molecule has 0 amide bonds. The van der Waals surface area contributed by atoms with Crippen molar-refractivity contribution in [1.82, 2.24) is 0 Å². The number of aldehydes is 1. The zero-order valence-electron chi connectivity index (χ0n) is 20.3. The average molecular weight is 505 g/mol. The first kappa shape index (κ1) is 26.4. The van der Waals surface area contributed by atoms with E-state index < -0.39 is 24.7 Å². The van der Waals surface area contributed by atoms with Gasteiger partial charge in [0.15, 0.2) is 24.7 Å². The van der Waals surface area contributed by atoms with Crippen LogP contribution in [0.15, 0.2) is 65.5 Å². The summed E-state index contributed by atoms with van der Waals surface area (Å²) in [4.78, 5) is 10.9. The monoisotopic (exact) mass is 504 g/mol. The van der Waals surface area contributed by atoms with Gasteiger partial charge in [-0.1, -0.05) is 42.5 Å². The van der Waals surface area contributed by atoms with Gasteiger partial charge < -0.3 is 14.3 Å². The molecule has 4 unspecified atom stereocenters. The van der Waals surface area contributed by atoms with Gasteiger partial charge in [-0.05, 0) is 72.4 Å². The third kappa shape index (κ3) is 5.83. The standard InChI is InChI=1S/C29H32F4O3/c1-2-35-17-22-11-12-23(27(31)26(22)30)21-9-5-19(6-10-21)16-36-25-14-13-24(28(32)29(25)33)20-7-3-18(15-34)4-8-20/h5-6,9-15,18,20,26-29H,2-4,7-8,16-17H2,1H3. The molecule has 0 aliphatic heterocycles. The van der Waals surface area contributed by atoms with E-state index in [1.165, 1.54) is 6.08 Å². The van der Waals surface area contributed by atoms with Crippen LogP contribution in [-0.2, 0) is 20.9 Å². The van der Waals surface area contributed by atoms with Crippen LogP contribution < -0.4 is 0 Å². The van der Waals surface area contributed by atoms with Gasteiger partial charge in [0, 0.05) is 12.5 Å². The van der Waals surface area contributed by atoms with Crippen LogP contribution in [0, 0.1) is 11.8 Å². The van der Waals surface area contributed by atoms with E-state index in [4.69, 9.17) is 9.47 Å². The van der Waals surface area contributed by atoms with Gasteiger partial charge in [-0.3, -0.25) is 0 Å². The van der Waals surface area contributed by atoms with Crippen molar-refractivity contribution < 1.29 is 31.8 Å². The largest absolute Gasteiger partial charge is 0.490 e. The third-order valence-electron chi connectivity index (χ3n) is 7.27. The van der Waals surface area contributed by atoms with E-state index in [1.54, 1.807) is 49.4 Å². The van der Waals surface area contributed by atoms with Crippen molar-refractivity contribution in [2.75, 3.05) is 13.2 Å². The van der Waals surface area contributed by atoms with Crippen molar-refractivity contribution >= 4 is 11.9 Å². The maximum atomic E-state index is 14.9. The van der Waals surface area contributed by atoms with Crippen molar-refractivity contribution in [1.29, 1.82) is 0 Å². The number of carbonyl (C=O) groups is 1. The summed E-state index contributed by atoms with van der Waals surface area (Å²) < 4.78 is 69.7. The van der Waals surface area contributed by atoms with E-state index in [2.05, 4.69) is 0 Å². The molecule has 1 aromatic rings. The Hall–Kier alpha value is -2.67. The Morgan fingerprint density at radius 1 is 0.833 bits per heavy atom. The van der Waals surface area contributed by atoms with E-state index >= 15 is 0 Å². The molecule has 3 aliphatic rings. The Morgan fingerprint density at radius 3 is 2.22 bits per heavy atom. The van der Waals surface area contributed by atoms with Gasteiger partial charge in [0.25, 0.3) is 0 Å². The smallest absolute Gasteiger partial charge is 0.192 e. The lowest BCUT2D eigenvalue weighted by molar-refractivity contribution is -0.112. The molecule has 4 rings (SSSR count). The van der Waals surface area contributed by atoms with E-state index in [1.807, 2.05) is 0 Å². The second-order valence-electron chi connectivity index (χ2n) is 9.58. The second kappa shape index (κ2) is 12.0. The maximum absolute atomic E-state index is 14.9. The fourth-order valence-electron chi connectivity index (χ4n) is 5.04. The normalized spacial score (nSPS) is 30.6. The number of halogens is 4. The minimum Gasteiger partial charge on any atom is -0.490 e. The zero-order chi connectivity index (χ0) is 25.7. The van der Waals surface area contributed by atoms with Gasteiger partial charge in [0.05, 0.1) is 6.61 Å². The average Bonchev–Trinajstić information content (AvgIpc) is 2.91. The van der Waals surface area contributed by atoms with Crippen LogP contribution in [0.2, 0.25) is 0 Å². The molecule has 7 heteroatoms. The molecule has 4 atom stereocenters. The quantitative estimate of drug-likeness (QED) is 0.276. The minimum absolute atomic E-state index is 0.0171. The van der Waals surface area contributed by atoms with E-state index in [9.17, 15) is 22.4 Å². The fourth-order valence-corrected chi connectivity index (χ4v) is 5.04. The Kier molecular flexibility index (Phi) is 8.83. The van der Waals surface area contributed by atoms with Gasteiger partial charge in [0.1, 0.15) is 18.7 Å². The van der Waals surface area contributed by atoms with Gasteiger partial charge in [-0.25, -0.2) is 17.6 Å². The number of alkyl halides is 4. The van der Waals surface area contributed by atoms with Crippen LogP contribution in [0.5, 0.6) is 0 Å². The summed E-state index contributed by atoms with van der Waals surface area (Å²) in [5.74, 6) is -0.103. The number of ether oxygens (including phenoxy) is 2. The lowest BCUT2D eigenvalue weighted by atomic mass is 9.76. The van der Waals surface area contributed by atoms with Crippen molar-refractivity contribution in [2.24, 2.45) is 11.8 Å². The molecule has 0 heterocycles. The van der Waals surface area contributed by atoms with E-state index in [0.717, 1.165) is 6.29 Å². The van der Waals surface area contributed by atoms with Crippen molar-refractivity contribution in [3.8, 4) is 0 Å². The number of hydrogen-bond donors (Lipinski definition) is 0. The highest BCUT2D eigenvalue weighted by Crippen LogP contribution is 2.39. The summed E-state index contributed by atoms with van der Waals surface area (Å²) in [6.07, 6.45) is 2.76. The van der Waals surface area contributed by atoms with Gasteiger partial charge in [-0.2, -0.15) is 0 Å². The minimum atomic E-state index is -1.88. The van der Waals surface area contributed by atoms with Gasteiger partial charge in [0.2, 0.25) is 0 Å². The summed E-state index contributed by atoms with van der Waals surface area (Å²) >= 11 is 0. The van der Waals surface area contributed by atoms with Crippen LogP contribution in [0.25, 0.3) is 5.57 Å². The first-order chi connectivity index (χ1) is 17.4. The predicted octanol–water partition coefficient (Wildman–Crippen LogP) is 6.74. The maximum Gasteiger partial charge on any atom is 0.192 e. The Morgan fingerprint density at radius 2 is 1.56 bits per heavy atom. The zero-order valence-corrected chi connectivity index (χ0v) is 20.3. The molecular weight excluding hydrogens is 472 g/mol. The van der Waals surface area contributed by atoms with Crippen molar-refractivity contribution in [3.05, 3.63) is 76.6 Å². The van der Waals surface area contributed by atoms with Crippen LogP contribution >= 0.6 is 0 Å². The molecule has 1 fully saturated rings. The van der Waals surface area contributed by atoms with Crippen LogP contribution in [0.3, 0.4) is 0 Å². The highest BCUT2D eigenvalue weighted by molar-refractivity contribution is 5.73. The second-order valence-corrected chi connectivity index (χ2v) is 9.58. The molecule has 194 valence electrons. The molecule has 0 spiro atoms. The summed E-state index contributed by atoms with van der Waals surface area (Å²) in [5.41, 5.74) is 2.20. The van der Waals surface area contributed by atoms with Crippen LogP contribution in [0.4, 0.5) is 17.6 Å². The highest BCUT2D eigenvalue weighted by Gasteiger charge is 2.37. The molecule has 0 saturated heterocycles. The molecule has 1 saturated carbocycles. The summed E-state index contributed by atoms with van der Waals surface area (Å²) in [7, 11) is 0. The highest BCUT2D eigenvalue weighted by atomic mass is 19.2. The molecule has 3 nitrogen and oxygen atoms in total. The lowest BCUT2D eigenvalue weighted by Crippen LogP contribution is -2.31. The molecule has 1 aromatic carbocycles. The molecule has 0 radical (unpaired) electrons. The fraction of sp³-hybridized carbons (Fsp3) is 0.483. The van der Waals surface area contributed by atoms with Crippen molar-refractivity contribution in [3.63, 3.8) is 0 Å². The molecule has 0 N–H and O–H groups in total. The molecular formula is C29H32F4O3. The molecule has 3 aliphatic carbocycles. The Labute approximate surface area is 209 Å². The van der Waals surface area contributed by atoms with Gasteiger partial charge in [-0.15, -0.1) is 0 Å². The van der Waals surface area contributed by atoms with E-state index in [0.29, 0.717) is 49.0 Å². The van der Waals surface area contributed by atoms with Crippen LogP contribution in [0.1, 0.15) is 43.7 Å². The number of rotatable bonds is 9. The summed E-state index contributed by atoms with van der Waals surface area (Å²) in [5, 5.41) is 0.